The minimum atomic E-state index is -0.488. The van der Waals surface area contributed by atoms with Gasteiger partial charge in [-0.25, -0.2) is 9.37 Å². The highest BCUT2D eigenvalue weighted by molar-refractivity contribution is 6.01. The van der Waals surface area contributed by atoms with E-state index in [9.17, 15) is 9.50 Å². The average molecular weight is 458 g/mol. The van der Waals surface area contributed by atoms with Crippen molar-refractivity contribution in [1.29, 1.82) is 0 Å². The molecule has 5 rings (SSSR count). The second-order valence-corrected chi connectivity index (χ2v) is 9.00. The number of benzene rings is 2. The topological polar surface area (TPSA) is 74.2 Å². The molecule has 1 fully saturated rings. The molecule has 0 radical (unpaired) electrons. The lowest BCUT2D eigenvalue weighted by atomic mass is 9.92. The molecule has 4 aromatic rings. The van der Waals surface area contributed by atoms with Gasteiger partial charge in [-0.15, -0.1) is 10.2 Å². The first-order valence-corrected chi connectivity index (χ1v) is 11.7. The Morgan fingerprint density at radius 2 is 1.76 bits per heavy atom. The summed E-state index contributed by atoms with van der Waals surface area (Å²) in [5.41, 5.74) is 4.91. The van der Waals surface area contributed by atoms with Crippen LogP contribution >= 0.6 is 0 Å². The van der Waals surface area contributed by atoms with Gasteiger partial charge < -0.3 is 15.3 Å². The molecular weight excluding hydrogens is 429 g/mol. The predicted molar refractivity (Wildman–Crippen MR) is 134 cm³/mol. The molecule has 2 aromatic heterocycles. The van der Waals surface area contributed by atoms with Gasteiger partial charge in [-0.05, 0) is 36.6 Å². The number of hydrogen-bond donors (Lipinski definition) is 2. The van der Waals surface area contributed by atoms with Crippen LogP contribution in [0, 0.1) is 12.7 Å². The van der Waals surface area contributed by atoms with E-state index in [1.165, 1.54) is 18.2 Å². The van der Waals surface area contributed by atoms with Gasteiger partial charge >= 0.3 is 0 Å². The zero-order valence-electron chi connectivity index (χ0n) is 19.6. The number of nitrogens with one attached hydrogen (secondary N) is 1. The summed E-state index contributed by atoms with van der Waals surface area (Å²) in [7, 11) is 0. The number of halogens is 1. The molecule has 0 unspecified atom stereocenters. The third kappa shape index (κ3) is 3.86. The number of aryl methyl sites for hydroxylation is 1. The van der Waals surface area contributed by atoms with Gasteiger partial charge in [0.2, 0.25) is 0 Å². The summed E-state index contributed by atoms with van der Waals surface area (Å²) in [5.74, 6) is 0.416. The van der Waals surface area contributed by atoms with E-state index in [4.69, 9.17) is 10.1 Å². The van der Waals surface area contributed by atoms with E-state index in [0.29, 0.717) is 17.0 Å². The smallest absolute Gasteiger partial charge is 0.177 e. The minimum absolute atomic E-state index is 0.113. The van der Waals surface area contributed by atoms with Gasteiger partial charge in [0.15, 0.2) is 5.82 Å². The number of phenols is 1. The highest BCUT2D eigenvalue weighted by Crippen LogP contribution is 2.40. The highest BCUT2D eigenvalue weighted by Gasteiger charge is 2.23. The number of aromatic nitrogens is 3. The van der Waals surface area contributed by atoms with Crippen LogP contribution in [-0.2, 0) is 0 Å². The van der Waals surface area contributed by atoms with E-state index in [0.717, 1.165) is 54.0 Å². The number of aromatic hydroxyl groups is 1. The Hall–Kier alpha value is -3.58. The standard InChI is InChI=1S/C27H28FN5O/c1-16(2)18-7-4-5-8-19(18)25-21-15-20(24-22(28)9-6-10-23(24)34)17(3)30-26(21)27(32-31-25)33-13-11-29-12-14-33/h4-10,15-16,29,34H,11-14H2,1-3H3. The summed E-state index contributed by atoms with van der Waals surface area (Å²) >= 11 is 0. The van der Waals surface area contributed by atoms with Crippen LogP contribution in [0.3, 0.4) is 0 Å². The Kier molecular flexibility index (Phi) is 5.87. The Morgan fingerprint density at radius 1 is 1.00 bits per heavy atom. The fraction of sp³-hybridized carbons (Fsp3) is 0.296. The van der Waals surface area contributed by atoms with Crippen LogP contribution in [-0.4, -0.2) is 46.5 Å². The van der Waals surface area contributed by atoms with Crippen LogP contribution in [0.5, 0.6) is 5.75 Å². The summed E-state index contributed by atoms with van der Waals surface area (Å²) in [6.45, 7) is 9.47. The van der Waals surface area contributed by atoms with E-state index in [2.05, 4.69) is 35.2 Å². The minimum Gasteiger partial charge on any atom is -0.507 e. The van der Waals surface area contributed by atoms with Gasteiger partial charge in [-0.1, -0.05) is 44.2 Å². The van der Waals surface area contributed by atoms with Crippen molar-refractivity contribution >= 4 is 16.7 Å². The Labute approximate surface area is 198 Å². The van der Waals surface area contributed by atoms with Gasteiger partial charge in [0.05, 0.1) is 5.56 Å². The molecule has 174 valence electrons. The second kappa shape index (κ2) is 8.99. The van der Waals surface area contributed by atoms with Gasteiger partial charge in [-0.3, -0.25) is 0 Å². The maximum atomic E-state index is 14.8. The van der Waals surface area contributed by atoms with Crippen molar-refractivity contribution in [2.24, 2.45) is 0 Å². The lowest BCUT2D eigenvalue weighted by molar-refractivity contribution is 0.472. The number of rotatable bonds is 4. The predicted octanol–water partition coefficient (Wildman–Crippen LogP) is 5.04. The van der Waals surface area contributed by atoms with Crippen LogP contribution in [0.25, 0.3) is 33.3 Å². The summed E-state index contributed by atoms with van der Waals surface area (Å²) < 4.78 is 14.8. The van der Waals surface area contributed by atoms with Crippen molar-refractivity contribution in [1.82, 2.24) is 20.5 Å². The number of fused-ring (bicyclic) bond motifs is 1. The first-order valence-electron chi connectivity index (χ1n) is 11.7. The monoisotopic (exact) mass is 457 g/mol. The van der Waals surface area contributed by atoms with Crippen molar-refractivity contribution in [2.75, 3.05) is 31.1 Å². The van der Waals surface area contributed by atoms with Crippen molar-refractivity contribution in [3.63, 3.8) is 0 Å². The van der Waals surface area contributed by atoms with E-state index >= 15 is 0 Å². The molecule has 0 amide bonds. The second-order valence-electron chi connectivity index (χ2n) is 9.00. The van der Waals surface area contributed by atoms with E-state index in [1.807, 2.05) is 31.2 Å². The number of hydrogen-bond acceptors (Lipinski definition) is 6. The molecule has 34 heavy (non-hydrogen) atoms. The fourth-order valence-corrected chi connectivity index (χ4v) is 4.69. The molecule has 0 saturated carbocycles. The Bertz CT molecular complexity index is 1340. The zero-order valence-corrected chi connectivity index (χ0v) is 19.6. The Balaban J connectivity index is 1.83. The van der Waals surface area contributed by atoms with Gasteiger partial charge in [0.25, 0.3) is 0 Å². The quantitative estimate of drug-likeness (QED) is 0.447. The molecule has 0 atom stereocenters. The molecule has 2 aromatic carbocycles. The largest absolute Gasteiger partial charge is 0.507 e. The number of pyridine rings is 1. The van der Waals surface area contributed by atoms with Crippen molar-refractivity contribution in [3.8, 4) is 28.1 Å². The number of phenolic OH excluding ortho intramolecular Hbond substituents is 1. The molecule has 0 spiro atoms. The third-order valence-electron chi connectivity index (χ3n) is 6.44. The lowest BCUT2D eigenvalue weighted by Crippen LogP contribution is -2.44. The maximum absolute atomic E-state index is 14.8. The van der Waals surface area contributed by atoms with Crippen molar-refractivity contribution < 1.29 is 9.50 Å². The molecule has 2 N–H and O–H groups in total. The molecule has 3 heterocycles. The van der Waals surface area contributed by atoms with Crippen LogP contribution in [0.15, 0.2) is 48.5 Å². The molecule has 6 nitrogen and oxygen atoms in total. The molecule has 1 aliphatic heterocycles. The first-order chi connectivity index (χ1) is 16.5. The lowest BCUT2D eigenvalue weighted by Gasteiger charge is -2.29. The average Bonchev–Trinajstić information content (AvgIpc) is 2.84. The molecule has 0 bridgehead atoms. The van der Waals surface area contributed by atoms with Crippen LogP contribution < -0.4 is 10.2 Å². The maximum Gasteiger partial charge on any atom is 0.177 e. The van der Waals surface area contributed by atoms with E-state index < -0.39 is 5.82 Å². The van der Waals surface area contributed by atoms with Crippen LogP contribution in [0.2, 0.25) is 0 Å². The summed E-state index contributed by atoms with van der Waals surface area (Å²) in [6, 6.07) is 14.4. The number of piperazine rings is 1. The van der Waals surface area contributed by atoms with Gasteiger partial charge in [-0.2, -0.15) is 0 Å². The highest BCUT2D eigenvalue weighted by atomic mass is 19.1. The number of anilines is 1. The summed E-state index contributed by atoms with van der Waals surface area (Å²) in [5, 5.41) is 24.0. The van der Waals surface area contributed by atoms with Gasteiger partial charge in [0, 0.05) is 48.4 Å². The SMILES string of the molecule is Cc1nc2c(N3CCNCC3)nnc(-c3ccccc3C(C)C)c2cc1-c1c(O)cccc1F. The molecule has 1 saturated heterocycles. The molecule has 0 aliphatic carbocycles. The van der Waals surface area contributed by atoms with E-state index in [1.54, 1.807) is 0 Å². The van der Waals surface area contributed by atoms with Crippen LogP contribution in [0.4, 0.5) is 10.2 Å². The first kappa shape index (κ1) is 22.2. The van der Waals surface area contributed by atoms with Crippen LogP contribution in [0.1, 0.15) is 31.0 Å². The molecule has 1 aliphatic rings. The van der Waals surface area contributed by atoms with Gasteiger partial charge in [0.1, 0.15) is 22.8 Å². The number of nitrogens with zero attached hydrogens (tertiary/aromatic N) is 4. The third-order valence-corrected chi connectivity index (χ3v) is 6.44. The molecular formula is C27H28FN5O. The summed E-state index contributed by atoms with van der Waals surface area (Å²) in [6.07, 6.45) is 0. The summed E-state index contributed by atoms with van der Waals surface area (Å²) in [4.78, 5) is 7.12. The fourth-order valence-electron chi connectivity index (χ4n) is 4.69. The Morgan fingerprint density at radius 3 is 2.50 bits per heavy atom. The van der Waals surface area contributed by atoms with E-state index in [-0.39, 0.29) is 17.2 Å². The zero-order chi connectivity index (χ0) is 23.8. The van der Waals surface area contributed by atoms with Crippen molar-refractivity contribution in [3.05, 3.63) is 65.6 Å². The normalized spacial score (nSPS) is 14.2. The van der Waals surface area contributed by atoms with Crippen molar-refractivity contribution in [2.45, 2.75) is 26.7 Å². The molecule has 7 heteroatoms.